The number of aromatic nitrogens is 1. The lowest BCUT2D eigenvalue weighted by molar-refractivity contribution is -0.116. The molecule has 31 heavy (non-hydrogen) atoms. The van der Waals surface area contributed by atoms with Gasteiger partial charge in [0.2, 0.25) is 0 Å². The van der Waals surface area contributed by atoms with Crippen LogP contribution in [-0.4, -0.2) is 16.8 Å². The lowest BCUT2D eigenvalue weighted by atomic mass is 9.69. The molecule has 0 fully saturated rings. The molecule has 0 saturated heterocycles. The Morgan fingerprint density at radius 3 is 2.68 bits per heavy atom. The van der Waals surface area contributed by atoms with E-state index in [1.54, 1.807) is 0 Å². The number of carbonyl (C=O) groups excluding carboxylic acids is 1. The summed E-state index contributed by atoms with van der Waals surface area (Å²) in [4.78, 5) is 18.3. The maximum absolute atomic E-state index is 13.7. The van der Waals surface area contributed by atoms with Crippen LogP contribution in [0.25, 0.3) is 16.5 Å². The van der Waals surface area contributed by atoms with Crippen molar-refractivity contribution in [1.82, 2.24) is 4.98 Å². The number of fused-ring (bicyclic) bond motifs is 4. The minimum atomic E-state index is 0.103. The molecule has 3 aliphatic rings. The quantitative estimate of drug-likeness (QED) is 0.509. The number of nitrogens with one attached hydrogen (secondary N) is 1. The highest BCUT2D eigenvalue weighted by Gasteiger charge is 2.40. The molecule has 3 heteroatoms. The molecule has 1 N–H and O–H groups in total. The second-order valence-electron chi connectivity index (χ2n) is 9.06. The Balaban J connectivity index is 1.54. The number of hydrogen-bond donors (Lipinski definition) is 1. The number of allylic oxidation sites excluding steroid dienone is 3. The first-order valence-electron chi connectivity index (χ1n) is 11.4. The minimum absolute atomic E-state index is 0.103. The predicted molar refractivity (Wildman–Crippen MR) is 126 cm³/mol. The van der Waals surface area contributed by atoms with Crippen molar-refractivity contribution in [3.05, 3.63) is 89.6 Å². The van der Waals surface area contributed by atoms with Gasteiger partial charge in [0.25, 0.3) is 0 Å². The predicted octanol–water partition coefficient (Wildman–Crippen LogP) is 6.29. The smallest absolute Gasteiger partial charge is 0.161 e. The average molecular weight is 407 g/mol. The highest BCUT2D eigenvalue weighted by Crippen LogP contribution is 2.49. The third kappa shape index (κ3) is 3.11. The molecule has 0 unspecified atom stereocenters. The first-order chi connectivity index (χ1) is 15.3. The third-order valence-electron chi connectivity index (χ3n) is 7.27. The fraction of sp³-hybridized carbons (Fsp3) is 0.286. The summed E-state index contributed by atoms with van der Waals surface area (Å²) in [5, 5.41) is 4.94. The van der Waals surface area contributed by atoms with Crippen molar-refractivity contribution in [2.24, 2.45) is 5.92 Å². The lowest BCUT2D eigenvalue weighted by Gasteiger charge is -2.40. The van der Waals surface area contributed by atoms with Gasteiger partial charge in [-0.15, -0.1) is 0 Å². The molecule has 1 aromatic heterocycles. The van der Waals surface area contributed by atoms with E-state index in [0.29, 0.717) is 18.1 Å². The van der Waals surface area contributed by atoms with Crippen molar-refractivity contribution >= 4 is 27.9 Å². The summed E-state index contributed by atoms with van der Waals surface area (Å²) in [5.41, 5.74) is 6.88. The zero-order valence-electron chi connectivity index (χ0n) is 17.6. The van der Waals surface area contributed by atoms with E-state index in [2.05, 4.69) is 64.9 Å². The number of rotatable bonds is 2. The van der Waals surface area contributed by atoms with E-state index in [4.69, 9.17) is 0 Å². The van der Waals surface area contributed by atoms with Gasteiger partial charge in [-0.25, -0.2) is 0 Å². The van der Waals surface area contributed by atoms with Crippen LogP contribution >= 0.6 is 0 Å². The minimum Gasteiger partial charge on any atom is -0.377 e. The first-order valence-corrected chi connectivity index (χ1v) is 11.4. The number of anilines is 1. The van der Waals surface area contributed by atoms with E-state index in [1.807, 2.05) is 18.3 Å². The lowest BCUT2D eigenvalue weighted by Crippen LogP contribution is -2.40. The van der Waals surface area contributed by atoms with Crippen LogP contribution in [0, 0.1) is 5.92 Å². The summed E-state index contributed by atoms with van der Waals surface area (Å²) >= 11 is 0. The monoisotopic (exact) mass is 406 g/mol. The highest BCUT2D eigenvalue weighted by molar-refractivity contribution is 6.12. The molecule has 0 radical (unpaired) electrons. The fourth-order valence-electron chi connectivity index (χ4n) is 5.80. The van der Waals surface area contributed by atoms with Gasteiger partial charge in [-0.05, 0) is 66.9 Å². The normalized spacial score (nSPS) is 25.2. The van der Waals surface area contributed by atoms with E-state index >= 15 is 0 Å². The third-order valence-corrected chi connectivity index (χ3v) is 7.27. The van der Waals surface area contributed by atoms with E-state index in [-0.39, 0.29) is 12.0 Å². The number of carbonyl (C=O) groups is 1. The maximum atomic E-state index is 13.7. The Morgan fingerprint density at radius 1 is 0.935 bits per heavy atom. The van der Waals surface area contributed by atoms with Crippen LogP contribution < -0.4 is 5.32 Å². The highest BCUT2D eigenvalue weighted by atomic mass is 16.1. The van der Waals surface area contributed by atoms with Gasteiger partial charge in [-0.3, -0.25) is 9.78 Å². The number of ketones is 1. The molecule has 0 saturated carbocycles. The van der Waals surface area contributed by atoms with Gasteiger partial charge >= 0.3 is 0 Å². The molecule has 6 rings (SSSR count). The number of Topliss-reactive ketones (excluding diaryl/α,β-unsaturated/α-hetero) is 1. The Hall–Kier alpha value is -3.20. The zero-order chi connectivity index (χ0) is 20.8. The van der Waals surface area contributed by atoms with Gasteiger partial charge in [0.1, 0.15) is 0 Å². The summed E-state index contributed by atoms with van der Waals surface area (Å²) in [6.45, 7) is 0. The molecule has 2 aliphatic carbocycles. The van der Waals surface area contributed by atoms with E-state index in [9.17, 15) is 4.79 Å². The Bertz CT molecular complexity index is 1220. The van der Waals surface area contributed by atoms with Gasteiger partial charge < -0.3 is 5.32 Å². The average Bonchev–Trinajstić information content (AvgIpc) is 2.84. The van der Waals surface area contributed by atoms with E-state index < -0.39 is 0 Å². The molecular weight excluding hydrogens is 380 g/mol. The van der Waals surface area contributed by atoms with Crippen LogP contribution in [0.15, 0.2) is 78.5 Å². The Morgan fingerprint density at radius 2 is 1.84 bits per heavy atom. The standard InChI is InChI=1S/C28H26N2O/c31-25-17-20(18-8-3-1-4-9-18)16-22-26-21-12-7-15-29-23(21)13-14-24(26)30-28(27(22)25)19-10-5-2-6-11-19/h1-5,7-9,12-15,19-20,28,30H,6,10-11,16-17H2/t19-,20-,28-/m0/s1. The van der Waals surface area contributed by atoms with Crippen molar-refractivity contribution < 1.29 is 4.79 Å². The summed E-state index contributed by atoms with van der Waals surface area (Å²) < 4.78 is 0. The van der Waals surface area contributed by atoms with Crippen LogP contribution in [0.5, 0.6) is 0 Å². The molecular formula is C28H26N2O. The van der Waals surface area contributed by atoms with Gasteiger partial charge in [0.15, 0.2) is 5.78 Å². The molecule has 2 aromatic carbocycles. The van der Waals surface area contributed by atoms with E-state index in [1.165, 1.54) is 16.7 Å². The number of pyridine rings is 1. The molecule has 0 amide bonds. The Kier molecular flexibility index (Phi) is 4.48. The molecule has 3 nitrogen and oxygen atoms in total. The van der Waals surface area contributed by atoms with Crippen LogP contribution in [0.2, 0.25) is 0 Å². The van der Waals surface area contributed by atoms with Crippen molar-refractivity contribution in [3.63, 3.8) is 0 Å². The summed E-state index contributed by atoms with van der Waals surface area (Å²) in [6, 6.07) is 19.1. The van der Waals surface area contributed by atoms with Crippen molar-refractivity contribution in [1.29, 1.82) is 0 Å². The van der Waals surface area contributed by atoms with Gasteiger partial charge in [0.05, 0.1) is 11.6 Å². The number of nitrogens with zero attached hydrogens (tertiary/aromatic N) is 1. The van der Waals surface area contributed by atoms with Crippen LogP contribution in [0.3, 0.4) is 0 Å². The number of benzene rings is 2. The first kappa shape index (κ1) is 18.6. The summed E-state index contributed by atoms with van der Waals surface area (Å²) in [7, 11) is 0. The molecule has 3 atom stereocenters. The molecule has 0 bridgehead atoms. The maximum Gasteiger partial charge on any atom is 0.161 e. The largest absolute Gasteiger partial charge is 0.377 e. The molecule has 1 aliphatic heterocycles. The zero-order valence-corrected chi connectivity index (χ0v) is 17.6. The fourth-order valence-corrected chi connectivity index (χ4v) is 5.80. The molecule has 3 aromatic rings. The van der Waals surface area contributed by atoms with Crippen molar-refractivity contribution in [3.8, 4) is 0 Å². The van der Waals surface area contributed by atoms with Crippen LogP contribution in [-0.2, 0) is 4.79 Å². The summed E-state index contributed by atoms with van der Waals surface area (Å²) in [6.07, 6.45) is 11.2. The SMILES string of the molecule is O=C1C[C@@H](c2ccccc2)CC2=C1[C@H]([C@H]1CC=CCC1)Nc1ccc3ncccc3c12. The second-order valence-corrected chi connectivity index (χ2v) is 9.06. The van der Waals surface area contributed by atoms with Crippen LogP contribution in [0.1, 0.15) is 49.1 Å². The van der Waals surface area contributed by atoms with Crippen molar-refractivity contribution in [2.45, 2.75) is 44.1 Å². The number of hydrogen-bond acceptors (Lipinski definition) is 3. The molecule has 2 heterocycles. The van der Waals surface area contributed by atoms with Crippen molar-refractivity contribution in [2.75, 3.05) is 5.32 Å². The van der Waals surface area contributed by atoms with Crippen LogP contribution in [0.4, 0.5) is 5.69 Å². The molecule has 0 spiro atoms. The molecule has 154 valence electrons. The van der Waals surface area contributed by atoms with E-state index in [0.717, 1.165) is 47.8 Å². The van der Waals surface area contributed by atoms with Gasteiger partial charge in [0, 0.05) is 34.8 Å². The topological polar surface area (TPSA) is 42.0 Å². The Labute approximate surface area is 182 Å². The van der Waals surface area contributed by atoms with Gasteiger partial charge in [-0.1, -0.05) is 48.6 Å². The van der Waals surface area contributed by atoms with Gasteiger partial charge in [-0.2, -0.15) is 0 Å². The second kappa shape index (κ2) is 7.49. The summed E-state index contributed by atoms with van der Waals surface area (Å²) in [5.74, 6) is 1.01.